The molecule has 0 amide bonds. The fourth-order valence-electron chi connectivity index (χ4n) is 1.64. The van der Waals surface area contributed by atoms with E-state index in [1.54, 1.807) is 0 Å². The lowest BCUT2D eigenvalue weighted by Gasteiger charge is -1.98. The van der Waals surface area contributed by atoms with Crippen LogP contribution in [-0.4, -0.2) is 0 Å². The second-order valence-electron chi connectivity index (χ2n) is 3.98. The Kier molecular flexibility index (Phi) is 3.82. The molecule has 2 aromatic rings. The zero-order valence-corrected chi connectivity index (χ0v) is 10.1. The van der Waals surface area contributed by atoms with Gasteiger partial charge in [0.1, 0.15) is 0 Å². The van der Waals surface area contributed by atoms with Crippen molar-refractivity contribution in [2.75, 3.05) is 11.5 Å². The third kappa shape index (κ3) is 3.01. The second-order valence-corrected chi connectivity index (χ2v) is 3.98. The molecule has 0 bridgehead atoms. The summed E-state index contributed by atoms with van der Waals surface area (Å²) >= 11 is 0. The van der Waals surface area contributed by atoms with Gasteiger partial charge in [-0.15, -0.1) is 0 Å². The van der Waals surface area contributed by atoms with Crippen LogP contribution in [0.2, 0.25) is 0 Å². The fourth-order valence-corrected chi connectivity index (χ4v) is 1.64. The summed E-state index contributed by atoms with van der Waals surface area (Å²) in [4.78, 5) is 0. The van der Waals surface area contributed by atoms with Gasteiger partial charge in [0, 0.05) is 11.4 Å². The average molecular weight is 236 g/mol. The summed E-state index contributed by atoms with van der Waals surface area (Å²) in [6.45, 7) is 0. The molecular formula is C16H16N2. The molecule has 0 aliphatic rings. The summed E-state index contributed by atoms with van der Waals surface area (Å²) in [7, 11) is 0. The van der Waals surface area contributed by atoms with Gasteiger partial charge in [0.25, 0.3) is 0 Å². The van der Waals surface area contributed by atoms with Gasteiger partial charge in [0.05, 0.1) is 0 Å². The molecule has 0 fully saturated rings. The molecule has 0 aliphatic carbocycles. The minimum absolute atomic E-state index is 0.779. The predicted molar refractivity (Wildman–Crippen MR) is 79.8 cm³/mol. The van der Waals surface area contributed by atoms with Crippen LogP contribution in [0.15, 0.2) is 60.7 Å². The first kappa shape index (κ1) is 12.0. The van der Waals surface area contributed by atoms with Crippen LogP contribution < -0.4 is 11.5 Å². The standard InChI is InChI=1S/C16H16N2/c17-15-11-5-3-9-13(15)7-1-2-8-14-10-4-6-12-16(14)18/h1-12H,17-18H2. The van der Waals surface area contributed by atoms with Gasteiger partial charge in [0.15, 0.2) is 0 Å². The van der Waals surface area contributed by atoms with Crippen LogP contribution in [0.3, 0.4) is 0 Å². The highest BCUT2D eigenvalue weighted by atomic mass is 14.6. The largest absolute Gasteiger partial charge is 0.398 e. The van der Waals surface area contributed by atoms with E-state index in [9.17, 15) is 0 Å². The quantitative estimate of drug-likeness (QED) is 0.632. The lowest BCUT2D eigenvalue weighted by molar-refractivity contribution is 1.63. The van der Waals surface area contributed by atoms with E-state index in [1.165, 1.54) is 0 Å². The number of para-hydroxylation sites is 2. The van der Waals surface area contributed by atoms with E-state index in [-0.39, 0.29) is 0 Å². The molecule has 0 saturated heterocycles. The van der Waals surface area contributed by atoms with E-state index in [2.05, 4.69) is 0 Å². The van der Waals surface area contributed by atoms with E-state index in [1.807, 2.05) is 72.8 Å². The van der Waals surface area contributed by atoms with Gasteiger partial charge < -0.3 is 11.5 Å². The maximum atomic E-state index is 5.84. The molecule has 0 spiro atoms. The van der Waals surface area contributed by atoms with Crippen LogP contribution in [0.4, 0.5) is 11.4 Å². The van der Waals surface area contributed by atoms with Crippen LogP contribution in [0.5, 0.6) is 0 Å². The highest BCUT2D eigenvalue weighted by Gasteiger charge is 1.91. The molecule has 0 radical (unpaired) electrons. The Labute approximate surface area is 107 Å². The molecule has 4 N–H and O–H groups in total. The number of benzene rings is 2. The van der Waals surface area contributed by atoms with Crippen LogP contribution in [0, 0.1) is 0 Å². The lowest BCUT2D eigenvalue weighted by Crippen LogP contribution is -1.87. The highest BCUT2D eigenvalue weighted by molar-refractivity contribution is 5.68. The number of rotatable bonds is 3. The van der Waals surface area contributed by atoms with Crippen molar-refractivity contribution in [2.45, 2.75) is 0 Å². The number of nitrogen functional groups attached to an aromatic ring is 2. The second kappa shape index (κ2) is 5.73. The molecule has 0 heterocycles. The Balaban J connectivity index is 2.08. The van der Waals surface area contributed by atoms with Crippen LogP contribution in [-0.2, 0) is 0 Å². The third-order valence-corrected chi connectivity index (χ3v) is 2.65. The molecule has 0 saturated carbocycles. The maximum absolute atomic E-state index is 5.84. The maximum Gasteiger partial charge on any atom is 0.0387 e. The Hall–Kier alpha value is -2.48. The zero-order chi connectivity index (χ0) is 12.8. The molecule has 2 heteroatoms. The molecule has 2 aromatic carbocycles. The van der Waals surface area contributed by atoms with Gasteiger partial charge in [-0.2, -0.15) is 0 Å². The van der Waals surface area contributed by atoms with Crippen molar-refractivity contribution in [1.82, 2.24) is 0 Å². The van der Waals surface area contributed by atoms with Gasteiger partial charge in [-0.3, -0.25) is 0 Å². The van der Waals surface area contributed by atoms with Crippen LogP contribution in [0.1, 0.15) is 11.1 Å². The first-order valence-corrected chi connectivity index (χ1v) is 5.81. The molecule has 18 heavy (non-hydrogen) atoms. The summed E-state index contributed by atoms with van der Waals surface area (Å²) in [5.41, 5.74) is 15.3. The summed E-state index contributed by atoms with van der Waals surface area (Å²) in [6, 6.07) is 15.5. The molecule has 2 rings (SSSR count). The van der Waals surface area contributed by atoms with Crippen molar-refractivity contribution in [3.63, 3.8) is 0 Å². The first-order valence-electron chi connectivity index (χ1n) is 5.81. The first-order chi connectivity index (χ1) is 8.77. The molecule has 2 nitrogen and oxygen atoms in total. The van der Waals surface area contributed by atoms with Crippen LogP contribution >= 0.6 is 0 Å². The van der Waals surface area contributed by atoms with E-state index in [0.717, 1.165) is 22.5 Å². The summed E-state index contributed by atoms with van der Waals surface area (Å²) in [5, 5.41) is 0. The van der Waals surface area contributed by atoms with Gasteiger partial charge in [0.2, 0.25) is 0 Å². The molecular weight excluding hydrogens is 220 g/mol. The molecule has 0 unspecified atom stereocenters. The van der Waals surface area contributed by atoms with Crippen molar-refractivity contribution in [2.24, 2.45) is 0 Å². The minimum atomic E-state index is 0.779. The number of nitrogens with two attached hydrogens (primary N) is 2. The summed E-state index contributed by atoms with van der Waals surface area (Å²) < 4.78 is 0. The normalized spacial score (nSPS) is 11.3. The van der Waals surface area contributed by atoms with Gasteiger partial charge in [-0.05, 0) is 23.3 Å². The van der Waals surface area contributed by atoms with Crippen molar-refractivity contribution in [1.29, 1.82) is 0 Å². The molecule has 0 aliphatic heterocycles. The third-order valence-electron chi connectivity index (χ3n) is 2.65. The number of hydrogen-bond donors (Lipinski definition) is 2. The Bertz CT molecular complexity index is 530. The Morgan fingerprint density at radius 3 is 1.39 bits per heavy atom. The van der Waals surface area contributed by atoms with E-state index >= 15 is 0 Å². The van der Waals surface area contributed by atoms with E-state index < -0.39 is 0 Å². The van der Waals surface area contributed by atoms with Crippen molar-refractivity contribution in [3.8, 4) is 0 Å². The Morgan fingerprint density at radius 2 is 1.00 bits per heavy atom. The molecule has 0 atom stereocenters. The van der Waals surface area contributed by atoms with Crippen molar-refractivity contribution in [3.05, 3.63) is 71.8 Å². The average Bonchev–Trinajstić information content (AvgIpc) is 2.38. The van der Waals surface area contributed by atoms with E-state index in [4.69, 9.17) is 11.5 Å². The molecule has 90 valence electrons. The van der Waals surface area contributed by atoms with Crippen molar-refractivity contribution >= 4 is 23.5 Å². The minimum Gasteiger partial charge on any atom is -0.398 e. The smallest absolute Gasteiger partial charge is 0.0387 e. The zero-order valence-electron chi connectivity index (χ0n) is 10.1. The summed E-state index contributed by atoms with van der Waals surface area (Å²) in [6.07, 6.45) is 7.87. The summed E-state index contributed by atoms with van der Waals surface area (Å²) in [5.74, 6) is 0. The van der Waals surface area contributed by atoms with Crippen LogP contribution in [0.25, 0.3) is 12.2 Å². The van der Waals surface area contributed by atoms with Crippen molar-refractivity contribution < 1.29 is 0 Å². The topological polar surface area (TPSA) is 52.0 Å². The highest BCUT2D eigenvalue weighted by Crippen LogP contribution is 2.14. The van der Waals surface area contributed by atoms with Gasteiger partial charge in [-0.1, -0.05) is 60.7 Å². The fraction of sp³-hybridized carbons (Fsp3) is 0. The Morgan fingerprint density at radius 1 is 0.611 bits per heavy atom. The lowest BCUT2D eigenvalue weighted by atomic mass is 10.1. The van der Waals surface area contributed by atoms with Gasteiger partial charge >= 0.3 is 0 Å². The monoisotopic (exact) mass is 236 g/mol. The molecule has 0 aromatic heterocycles. The van der Waals surface area contributed by atoms with E-state index in [0.29, 0.717) is 0 Å². The SMILES string of the molecule is Nc1ccccc1C=CC=Cc1ccccc1N. The predicted octanol–water partition coefficient (Wildman–Crippen LogP) is 3.58. The number of hydrogen-bond acceptors (Lipinski definition) is 2. The van der Waals surface area contributed by atoms with Gasteiger partial charge in [-0.25, -0.2) is 0 Å². The number of anilines is 2. The number of allylic oxidation sites excluding steroid dienone is 2.